The first-order valence-electron chi connectivity index (χ1n) is 9.67. The van der Waals surface area contributed by atoms with Gasteiger partial charge in [-0.3, -0.25) is 4.98 Å². The van der Waals surface area contributed by atoms with Crippen LogP contribution < -0.4 is 5.32 Å². The minimum atomic E-state index is 0.238. The fourth-order valence-corrected chi connectivity index (χ4v) is 4.83. The molecule has 1 aromatic carbocycles. The maximum atomic E-state index is 4.86. The zero-order valence-electron chi connectivity index (χ0n) is 15.7. The molecule has 5 rings (SSSR count). The van der Waals surface area contributed by atoms with E-state index in [1.54, 1.807) is 17.5 Å². The van der Waals surface area contributed by atoms with Crippen molar-refractivity contribution in [2.45, 2.75) is 38.6 Å². The highest BCUT2D eigenvalue weighted by molar-refractivity contribution is 7.18. The van der Waals surface area contributed by atoms with Gasteiger partial charge in [-0.25, -0.2) is 15.0 Å². The molecule has 1 N–H and O–H groups in total. The van der Waals surface area contributed by atoms with Crippen LogP contribution in [0, 0.1) is 0 Å². The van der Waals surface area contributed by atoms with Gasteiger partial charge >= 0.3 is 0 Å². The van der Waals surface area contributed by atoms with E-state index in [4.69, 9.17) is 15.0 Å². The number of hydrogen-bond donors (Lipinski definition) is 1. The van der Waals surface area contributed by atoms with Crippen molar-refractivity contribution >= 4 is 27.4 Å². The van der Waals surface area contributed by atoms with Crippen LogP contribution in [0.15, 0.2) is 48.8 Å². The lowest BCUT2D eigenvalue weighted by Crippen LogP contribution is -2.20. The molecule has 1 atom stereocenters. The van der Waals surface area contributed by atoms with Crippen LogP contribution in [0.2, 0.25) is 0 Å². The zero-order chi connectivity index (χ0) is 18.9. The zero-order valence-corrected chi connectivity index (χ0v) is 16.5. The van der Waals surface area contributed by atoms with Crippen LogP contribution >= 0.6 is 11.3 Å². The molecule has 6 heteroatoms. The van der Waals surface area contributed by atoms with Gasteiger partial charge in [0.15, 0.2) is 5.82 Å². The van der Waals surface area contributed by atoms with Gasteiger partial charge in [0, 0.05) is 41.7 Å². The van der Waals surface area contributed by atoms with Gasteiger partial charge in [0.25, 0.3) is 0 Å². The number of nitrogens with zero attached hydrogens (tertiary/aromatic N) is 4. The van der Waals surface area contributed by atoms with Crippen LogP contribution in [0.1, 0.15) is 29.6 Å². The number of hydrogen-bond acceptors (Lipinski definition) is 6. The lowest BCUT2D eigenvalue weighted by atomic mass is 10.2. The maximum Gasteiger partial charge on any atom is 0.163 e. The normalized spacial score (nSPS) is 14.2. The monoisotopic (exact) mass is 387 g/mol. The number of para-hydroxylation sites is 1. The molecule has 3 heterocycles. The van der Waals surface area contributed by atoms with Gasteiger partial charge in [0.2, 0.25) is 0 Å². The van der Waals surface area contributed by atoms with E-state index in [-0.39, 0.29) is 6.04 Å². The van der Waals surface area contributed by atoms with Crippen LogP contribution in [0.4, 0.5) is 5.82 Å². The van der Waals surface area contributed by atoms with Crippen molar-refractivity contribution in [2.24, 2.45) is 0 Å². The summed E-state index contributed by atoms with van der Waals surface area (Å²) in [4.78, 5) is 18.6. The number of thiazole rings is 1. The van der Waals surface area contributed by atoms with Gasteiger partial charge in [-0.05, 0) is 50.5 Å². The molecule has 0 saturated heterocycles. The van der Waals surface area contributed by atoms with Crippen LogP contribution in [0.25, 0.3) is 21.6 Å². The summed E-state index contributed by atoms with van der Waals surface area (Å²) in [5.41, 5.74) is 4.47. The molecular formula is C22H21N5S. The SMILES string of the molecule is CC(Cc1nc2ccccc2s1)Nc1nc(-c2cccnc2)nc2c1CCC2. The predicted octanol–water partition coefficient (Wildman–Crippen LogP) is 4.68. The number of pyridine rings is 1. The molecule has 1 unspecified atom stereocenters. The van der Waals surface area contributed by atoms with Gasteiger partial charge < -0.3 is 5.32 Å². The molecule has 4 aromatic rings. The van der Waals surface area contributed by atoms with Gasteiger partial charge in [0.05, 0.1) is 15.2 Å². The Bertz CT molecular complexity index is 1090. The molecule has 140 valence electrons. The predicted molar refractivity (Wildman–Crippen MR) is 114 cm³/mol. The lowest BCUT2D eigenvalue weighted by Gasteiger charge is -2.17. The molecule has 28 heavy (non-hydrogen) atoms. The second-order valence-corrected chi connectivity index (χ2v) is 8.36. The summed E-state index contributed by atoms with van der Waals surface area (Å²) in [6.07, 6.45) is 7.67. The lowest BCUT2D eigenvalue weighted by molar-refractivity contribution is 0.777. The summed E-state index contributed by atoms with van der Waals surface area (Å²) in [5.74, 6) is 1.72. The Morgan fingerprint density at radius 3 is 2.86 bits per heavy atom. The molecule has 1 aliphatic carbocycles. The van der Waals surface area contributed by atoms with Crippen molar-refractivity contribution in [2.75, 3.05) is 5.32 Å². The van der Waals surface area contributed by atoms with E-state index in [1.165, 1.54) is 16.0 Å². The topological polar surface area (TPSA) is 63.6 Å². The summed E-state index contributed by atoms with van der Waals surface area (Å²) in [6.45, 7) is 2.19. The van der Waals surface area contributed by atoms with E-state index < -0.39 is 0 Å². The molecule has 0 bridgehead atoms. The summed E-state index contributed by atoms with van der Waals surface area (Å²) < 4.78 is 1.24. The molecule has 1 aliphatic rings. The molecule has 0 fully saturated rings. The number of aromatic nitrogens is 4. The molecule has 0 saturated carbocycles. The molecule has 0 aliphatic heterocycles. The van der Waals surface area contributed by atoms with Gasteiger partial charge in [-0.2, -0.15) is 0 Å². The van der Waals surface area contributed by atoms with Crippen molar-refractivity contribution in [3.8, 4) is 11.4 Å². The Kier molecular flexibility index (Phi) is 4.49. The molecule has 0 amide bonds. The largest absolute Gasteiger partial charge is 0.367 e. The Balaban J connectivity index is 1.41. The van der Waals surface area contributed by atoms with Gasteiger partial charge in [0.1, 0.15) is 5.82 Å². The van der Waals surface area contributed by atoms with Crippen molar-refractivity contribution in [1.29, 1.82) is 0 Å². The van der Waals surface area contributed by atoms with E-state index in [9.17, 15) is 0 Å². The quantitative estimate of drug-likeness (QED) is 0.539. The third-order valence-corrected chi connectivity index (χ3v) is 6.11. The van der Waals surface area contributed by atoms with Crippen molar-refractivity contribution < 1.29 is 0 Å². The highest BCUT2D eigenvalue weighted by Crippen LogP contribution is 2.30. The number of aryl methyl sites for hydroxylation is 1. The third kappa shape index (κ3) is 3.36. The summed E-state index contributed by atoms with van der Waals surface area (Å²) in [5, 5.41) is 4.79. The van der Waals surface area contributed by atoms with Crippen molar-refractivity contribution in [3.05, 3.63) is 65.1 Å². The highest BCUT2D eigenvalue weighted by Gasteiger charge is 2.21. The molecule has 0 radical (unpaired) electrons. The summed E-state index contributed by atoms with van der Waals surface area (Å²) >= 11 is 1.77. The van der Waals surface area contributed by atoms with Crippen molar-refractivity contribution in [1.82, 2.24) is 19.9 Å². The third-order valence-electron chi connectivity index (χ3n) is 5.05. The van der Waals surface area contributed by atoms with E-state index in [0.717, 1.165) is 53.4 Å². The minimum Gasteiger partial charge on any atom is -0.367 e. The van der Waals surface area contributed by atoms with Crippen LogP contribution in [-0.2, 0) is 19.3 Å². The molecule has 3 aromatic heterocycles. The summed E-state index contributed by atoms with van der Waals surface area (Å²) in [7, 11) is 0. The van der Waals surface area contributed by atoms with Crippen LogP contribution in [0.5, 0.6) is 0 Å². The molecule has 5 nitrogen and oxygen atoms in total. The average molecular weight is 388 g/mol. The van der Waals surface area contributed by atoms with Gasteiger partial charge in [-0.15, -0.1) is 11.3 Å². The first kappa shape index (κ1) is 17.3. The number of benzene rings is 1. The number of fused-ring (bicyclic) bond motifs is 2. The minimum absolute atomic E-state index is 0.238. The number of anilines is 1. The first-order valence-corrected chi connectivity index (χ1v) is 10.5. The van der Waals surface area contributed by atoms with Crippen molar-refractivity contribution in [3.63, 3.8) is 0 Å². The van der Waals surface area contributed by atoms with Crippen LogP contribution in [0.3, 0.4) is 0 Å². The number of rotatable bonds is 5. The smallest absolute Gasteiger partial charge is 0.163 e. The second kappa shape index (κ2) is 7.28. The Labute approximate surface area is 167 Å². The fourth-order valence-electron chi connectivity index (χ4n) is 3.73. The maximum absolute atomic E-state index is 4.86. The van der Waals surface area contributed by atoms with E-state index in [2.05, 4.69) is 35.4 Å². The van der Waals surface area contributed by atoms with E-state index in [0.29, 0.717) is 0 Å². The average Bonchev–Trinajstić information content (AvgIpc) is 3.34. The Morgan fingerprint density at radius 2 is 2.00 bits per heavy atom. The number of nitrogens with one attached hydrogen (secondary N) is 1. The Morgan fingerprint density at radius 1 is 1.07 bits per heavy atom. The second-order valence-electron chi connectivity index (χ2n) is 7.24. The van der Waals surface area contributed by atoms with E-state index in [1.807, 2.05) is 24.4 Å². The van der Waals surface area contributed by atoms with Gasteiger partial charge in [-0.1, -0.05) is 12.1 Å². The standard InChI is InChI=1S/C22H21N5S/c1-14(12-20-25-18-8-2-3-10-19(18)28-20)24-22-16-7-4-9-17(16)26-21(27-22)15-6-5-11-23-13-15/h2-3,5-6,8,10-11,13-14H,4,7,9,12H2,1H3,(H,24,26,27). The fraction of sp³-hybridized carbons (Fsp3) is 0.273. The summed E-state index contributed by atoms with van der Waals surface area (Å²) in [6, 6.07) is 12.5. The van der Waals surface area contributed by atoms with Crippen LogP contribution in [-0.4, -0.2) is 26.0 Å². The first-order chi connectivity index (χ1) is 13.8. The Hall–Kier alpha value is -2.86. The van der Waals surface area contributed by atoms with E-state index >= 15 is 0 Å². The molecule has 0 spiro atoms. The highest BCUT2D eigenvalue weighted by atomic mass is 32.1. The molecular weight excluding hydrogens is 366 g/mol.